The van der Waals surface area contributed by atoms with Crippen LogP contribution >= 0.6 is 0 Å². The van der Waals surface area contributed by atoms with E-state index < -0.39 is 0 Å². The lowest BCUT2D eigenvalue weighted by molar-refractivity contribution is -0.131. The Hall–Kier alpha value is -1.95. The van der Waals surface area contributed by atoms with Gasteiger partial charge in [0.15, 0.2) is 0 Å². The summed E-state index contributed by atoms with van der Waals surface area (Å²) in [7, 11) is 0. The smallest absolute Gasteiger partial charge is 0.227 e. The van der Waals surface area contributed by atoms with Gasteiger partial charge in [-0.25, -0.2) is 0 Å². The van der Waals surface area contributed by atoms with Crippen molar-refractivity contribution in [2.75, 3.05) is 52.4 Å². The molecular formula is C28H42N4O. The number of carbonyl (C=O) groups is 1. The molecule has 0 saturated carbocycles. The van der Waals surface area contributed by atoms with Crippen molar-refractivity contribution in [1.29, 1.82) is 0 Å². The Morgan fingerprint density at radius 3 is 2.42 bits per heavy atom. The molecule has 0 bridgehead atoms. The van der Waals surface area contributed by atoms with Gasteiger partial charge in [-0.1, -0.05) is 42.5 Å². The second-order valence-corrected chi connectivity index (χ2v) is 10.1. The largest absolute Gasteiger partial charge is 0.342 e. The third-order valence-corrected chi connectivity index (χ3v) is 7.74. The fourth-order valence-electron chi connectivity index (χ4n) is 5.45. The first kappa shape index (κ1) is 24.2. The average molecular weight is 451 g/mol. The highest BCUT2D eigenvalue weighted by atomic mass is 16.2. The zero-order valence-corrected chi connectivity index (χ0v) is 20.2. The number of likely N-dealkylation sites (tertiary alicyclic amines) is 2. The van der Waals surface area contributed by atoms with E-state index in [-0.39, 0.29) is 5.91 Å². The second kappa shape index (κ2) is 12.5. The van der Waals surface area contributed by atoms with Crippen molar-refractivity contribution in [3.8, 4) is 0 Å². The van der Waals surface area contributed by atoms with Gasteiger partial charge in [-0.15, -0.1) is 0 Å². The predicted octanol–water partition coefficient (Wildman–Crippen LogP) is 3.66. The fourth-order valence-corrected chi connectivity index (χ4v) is 5.45. The summed E-state index contributed by atoms with van der Waals surface area (Å²) < 4.78 is 0. The summed E-state index contributed by atoms with van der Waals surface area (Å²) in [5.74, 6) is 1.72. The number of unbranched alkanes of at least 4 members (excludes halogenated alkanes) is 1. The van der Waals surface area contributed by atoms with Crippen molar-refractivity contribution in [3.05, 3.63) is 48.0 Å². The number of hydrogen-bond acceptors (Lipinski definition) is 4. The maximum atomic E-state index is 12.9. The van der Waals surface area contributed by atoms with E-state index >= 15 is 0 Å². The van der Waals surface area contributed by atoms with Gasteiger partial charge in [0.1, 0.15) is 0 Å². The van der Waals surface area contributed by atoms with Crippen molar-refractivity contribution >= 4 is 16.7 Å². The molecule has 1 amide bonds. The molecule has 33 heavy (non-hydrogen) atoms. The van der Waals surface area contributed by atoms with Crippen molar-refractivity contribution in [3.63, 3.8) is 0 Å². The van der Waals surface area contributed by atoms with E-state index in [1.165, 1.54) is 56.1 Å². The Balaban J connectivity index is 1.08. The number of hydrogen-bond donors (Lipinski definition) is 2. The monoisotopic (exact) mass is 450 g/mol. The van der Waals surface area contributed by atoms with E-state index in [2.05, 4.69) is 57.6 Å². The van der Waals surface area contributed by atoms with Crippen LogP contribution in [0.3, 0.4) is 0 Å². The summed E-state index contributed by atoms with van der Waals surface area (Å²) >= 11 is 0. The quantitative estimate of drug-likeness (QED) is 0.543. The van der Waals surface area contributed by atoms with Crippen LogP contribution in [0.2, 0.25) is 0 Å². The summed E-state index contributed by atoms with van der Waals surface area (Å²) in [5.41, 5.74) is 6.93. The van der Waals surface area contributed by atoms with Crippen molar-refractivity contribution < 1.29 is 4.79 Å². The summed E-state index contributed by atoms with van der Waals surface area (Å²) in [6.45, 7) is 8.54. The highest BCUT2D eigenvalue weighted by molar-refractivity contribution is 5.90. The summed E-state index contributed by atoms with van der Waals surface area (Å²) in [6, 6.07) is 14.6. The molecule has 2 heterocycles. The minimum atomic E-state index is 0.272. The van der Waals surface area contributed by atoms with E-state index in [4.69, 9.17) is 5.73 Å². The molecule has 4 rings (SSSR count). The van der Waals surface area contributed by atoms with Crippen LogP contribution in [0.1, 0.15) is 44.1 Å². The molecule has 0 aromatic heterocycles. The van der Waals surface area contributed by atoms with Crippen LogP contribution in [-0.4, -0.2) is 68.1 Å². The predicted molar refractivity (Wildman–Crippen MR) is 137 cm³/mol. The number of nitrogens with one attached hydrogen (secondary N) is 1. The van der Waals surface area contributed by atoms with E-state index in [0.29, 0.717) is 12.3 Å². The molecule has 5 nitrogen and oxygen atoms in total. The Kier molecular flexibility index (Phi) is 9.16. The first-order valence-electron chi connectivity index (χ1n) is 13.1. The molecule has 5 heteroatoms. The number of fused-ring (bicyclic) bond motifs is 1. The van der Waals surface area contributed by atoms with Crippen LogP contribution < -0.4 is 11.1 Å². The summed E-state index contributed by atoms with van der Waals surface area (Å²) in [4.78, 5) is 17.6. The molecule has 2 aromatic carbocycles. The molecule has 2 saturated heterocycles. The SMILES string of the molecule is NCC1CCN(CCCCNCC2CCN(C(=O)Cc3cccc4ccccc34)CC2)CC1. The lowest BCUT2D eigenvalue weighted by Crippen LogP contribution is -2.41. The van der Waals surface area contributed by atoms with Gasteiger partial charge in [-0.05, 0) is 106 Å². The van der Waals surface area contributed by atoms with Gasteiger partial charge in [-0.2, -0.15) is 0 Å². The van der Waals surface area contributed by atoms with Crippen LogP contribution in [0.5, 0.6) is 0 Å². The van der Waals surface area contributed by atoms with E-state index in [0.717, 1.165) is 57.0 Å². The van der Waals surface area contributed by atoms with Crippen molar-refractivity contribution in [1.82, 2.24) is 15.1 Å². The van der Waals surface area contributed by atoms with Gasteiger partial charge >= 0.3 is 0 Å². The molecule has 0 radical (unpaired) electrons. The van der Waals surface area contributed by atoms with Crippen LogP contribution in [0.4, 0.5) is 0 Å². The van der Waals surface area contributed by atoms with Crippen LogP contribution in [-0.2, 0) is 11.2 Å². The highest BCUT2D eigenvalue weighted by Gasteiger charge is 2.23. The first-order valence-corrected chi connectivity index (χ1v) is 13.1. The first-order chi connectivity index (χ1) is 16.2. The zero-order valence-electron chi connectivity index (χ0n) is 20.2. The van der Waals surface area contributed by atoms with Gasteiger partial charge in [-0.3, -0.25) is 4.79 Å². The maximum absolute atomic E-state index is 12.9. The van der Waals surface area contributed by atoms with Gasteiger partial charge in [0, 0.05) is 13.1 Å². The third kappa shape index (κ3) is 7.02. The average Bonchev–Trinajstić information content (AvgIpc) is 2.87. The molecule has 0 atom stereocenters. The number of nitrogens with zero attached hydrogens (tertiary/aromatic N) is 2. The summed E-state index contributed by atoms with van der Waals surface area (Å²) in [5, 5.41) is 6.09. The van der Waals surface area contributed by atoms with Crippen LogP contribution in [0.25, 0.3) is 10.8 Å². The second-order valence-electron chi connectivity index (χ2n) is 10.1. The minimum absolute atomic E-state index is 0.272. The third-order valence-electron chi connectivity index (χ3n) is 7.74. The number of amides is 1. The maximum Gasteiger partial charge on any atom is 0.227 e. The normalized spacial score (nSPS) is 18.8. The van der Waals surface area contributed by atoms with Gasteiger partial charge in [0.05, 0.1) is 6.42 Å². The van der Waals surface area contributed by atoms with Crippen molar-refractivity contribution in [2.45, 2.75) is 44.9 Å². The fraction of sp³-hybridized carbons (Fsp3) is 0.607. The Bertz CT molecular complexity index is 864. The van der Waals surface area contributed by atoms with Crippen molar-refractivity contribution in [2.24, 2.45) is 17.6 Å². The molecular weight excluding hydrogens is 408 g/mol. The topological polar surface area (TPSA) is 61.6 Å². The standard InChI is InChI=1S/C28H42N4O/c29-21-23-10-16-31(17-11-23)15-4-3-14-30-22-24-12-18-32(19-13-24)28(33)20-26-8-5-7-25-6-1-2-9-27(25)26/h1-2,5-9,23-24,30H,3-4,10-22,29H2. The molecule has 180 valence electrons. The van der Waals surface area contributed by atoms with Gasteiger partial charge in [0.2, 0.25) is 5.91 Å². The number of benzene rings is 2. The molecule has 2 aliphatic rings. The minimum Gasteiger partial charge on any atom is -0.342 e. The molecule has 3 N–H and O–H groups in total. The number of rotatable bonds is 10. The van der Waals surface area contributed by atoms with E-state index in [1.54, 1.807) is 0 Å². The summed E-state index contributed by atoms with van der Waals surface area (Å²) in [6.07, 6.45) is 7.82. The molecule has 2 aliphatic heterocycles. The highest BCUT2D eigenvalue weighted by Crippen LogP contribution is 2.22. The van der Waals surface area contributed by atoms with Crippen LogP contribution in [0.15, 0.2) is 42.5 Å². The lowest BCUT2D eigenvalue weighted by Gasteiger charge is -2.32. The number of carbonyl (C=O) groups excluding carboxylic acids is 1. The van der Waals surface area contributed by atoms with E-state index in [9.17, 15) is 4.79 Å². The number of piperidine rings is 2. The Morgan fingerprint density at radius 1 is 0.909 bits per heavy atom. The Morgan fingerprint density at radius 2 is 1.64 bits per heavy atom. The van der Waals surface area contributed by atoms with Crippen LogP contribution in [0, 0.1) is 11.8 Å². The molecule has 0 aliphatic carbocycles. The molecule has 2 aromatic rings. The lowest BCUT2D eigenvalue weighted by atomic mass is 9.95. The molecule has 0 spiro atoms. The number of nitrogens with two attached hydrogens (primary N) is 1. The molecule has 2 fully saturated rings. The van der Waals surface area contributed by atoms with E-state index in [1.807, 2.05) is 0 Å². The van der Waals surface area contributed by atoms with Gasteiger partial charge < -0.3 is 20.9 Å². The van der Waals surface area contributed by atoms with Gasteiger partial charge in [0.25, 0.3) is 0 Å². The molecule has 0 unspecified atom stereocenters. The zero-order chi connectivity index (χ0) is 22.9. The Labute approximate surface area is 199 Å².